The van der Waals surface area contributed by atoms with E-state index in [9.17, 15) is 48.3 Å². The van der Waals surface area contributed by atoms with Gasteiger partial charge in [0.2, 0.25) is 30.5 Å². The van der Waals surface area contributed by atoms with Crippen LogP contribution in [0.15, 0.2) is 12.1 Å². The Balaban J connectivity index is 2.28. The molecule has 0 radical (unpaired) electrons. The van der Waals surface area contributed by atoms with Gasteiger partial charge in [0, 0.05) is 55.4 Å². The monoisotopic (exact) mass is 844 g/mol. The first kappa shape index (κ1) is 47.1. The maximum Gasteiger partial charge on any atom is 0.338 e. The highest BCUT2D eigenvalue weighted by atomic mass is 16.8. The first-order valence-electron chi connectivity index (χ1n) is 17.5. The number of phenolic OH excluding ortho intramolecular Hbond substituents is 1. The highest BCUT2D eigenvalue weighted by molar-refractivity contribution is 5.91. The second-order valence-corrected chi connectivity index (χ2v) is 12.7. The van der Waals surface area contributed by atoms with Crippen LogP contribution in [0, 0.1) is 0 Å². The van der Waals surface area contributed by atoms with Gasteiger partial charge in [-0.1, -0.05) is 0 Å². The molecule has 2 heterocycles. The van der Waals surface area contributed by atoms with Crippen LogP contribution in [-0.4, -0.2) is 141 Å². The summed E-state index contributed by atoms with van der Waals surface area (Å²) >= 11 is 0. The number of methoxy groups -OCH3 is 1. The van der Waals surface area contributed by atoms with Crippen LogP contribution in [-0.2, 0) is 90.5 Å². The van der Waals surface area contributed by atoms with Crippen molar-refractivity contribution in [1.29, 1.82) is 0 Å². The minimum atomic E-state index is -1.97. The molecule has 0 saturated carbocycles. The fraction of sp³-hybridized carbons (Fsp3) is 0.583. The molecule has 0 bridgehead atoms. The lowest BCUT2D eigenvalue weighted by Gasteiger charge is -2.44. The maximum atomic E-state index is 12.8. The van der Waals surface area contributed by atoms with Gasteiger partial charge in [-0.3, -0.25) is 38.4 Å². The van der Waals surface area contributed by atoms with E-state index in [0.717, 1.165) is 74.6 Å². The largest absolute Gasteiger partial charge is 0.504 e. The Hall–Kier alpha value is -6.23. The predicted octanol–water partition coefficient (Wildman–Crippen LogP) is 0.103. The van der Waals surface area contributed by atoms with Crippen LogP contribution in [0.3, 0.4) is 0 Å². The SMILES string of the molecule is COC(=O)c1cc(O)c(OC2O[C@H](COC(C)=O)[C@@H](OC(C)=O)[C@H](OC(C)=O)[C@H]2OC(C)=O)c(OC2O[C@H](COC(C)=O)[C@@H](OC(C)=O)[C@H](OC(C)=O)[C@H]2OC(C)=O)c1. The van der Waals surface area contributed by atoms with E-state index in [2.05, 4.69) is 0 Å². The van der Waals surface area contributed by atoms with Crippen molar-refractivity contribution in [3.8, 4) is 17.2 Å². The molecule has 23 nitrogen and oxygen atoms in total. The third kappa shape index (κ3) is 13.4. The number of hydrogen-bond donors (Lipinski definition) is 1. The zero-order valence-corrected chi connectivity index (χ0v) is 33.3. The van der Waals surface area contributed by atoms with Crippen molar-refractivity contribution in [2.45, 2.75) is 117 Å². The number of phenols is 1. The third-order valence-corrected chi connectivity index (χ3v) is 7.83. The highest BCUT2D eigenvalue weighted by Crippen LogP contribution is 2.43. The van der Waals surface area contributed by atoms with Crippen LogP contribution in [0.4, 0.5) is 0 Å². The standard InChI is InChI=1S/C36H44O23/c1-14(37)48-12-25-28(50-16(3)39)30(52-18(5)41)32(54-20(7)43)35(57-25)56-24-11-22(34(46)47-9)10-23(45)27(24)59-36-33(55-21(8)44)31(53-19(6)42)29(51-17(4)40)26(58-36)13-49-15(2)38/h10-11,25-26,28-33,35-36,45H,12-13H2,1-9H3/t25-,26-,28-,29-,30+,31+,32-,33-,35?,36?/m1/s1. The van der Waals surface area contributed by atoms with Crippen molar-refractivity contribution in [2.75, 3.05) is 20.3 Å². The highest BCUT2D eigenvalue weighted by Gasteiger charge is 2.55. The fourth-order valence-corrected chi connectivity index (χ4v) is 5.84. The summed E-state index contributed by atoms with van der Waals surface area (Å²) in [6, 6.07) is 1.80. The van der Waals surface area contributed by atoms with Crippen molar-refractivity contribution in [3.63, 3.8) is 0 Å². The van der Waals surface area contributed by atoms with Gasteiger partial charge in [-0.15, -0.1) is 0 Å². The number of esters is 9. The number of hydrogen-bond acceptors (Lipinski definition) is 23. The number of benzene rings is 1. The molecule has 0 amide bonds. The molecule has 2 fully saturated rings. The predicted molar refractivity (Wildman–Crippen MR) is 185 cm³/mol. The summed E-state index contributed by atoms with van der Waals surface area (Å²) in [6.07, 6.45) is -17.2. The Labute approximate surface area is 335 Å². The topological polar surface area (TPSA) is 294 Å². The minimum Gasteiger partial charge on any atom is -0.504 e. The molecule has 10 atom stereocenters. The molecule has 0 aromatic heterocycles. The van der Waals surface area contributed by atoms with E-state index in [-0.39, 0.29) is 5.56 Å². The number of carbonyl (C=O) groups is 9. The Morgan fingerprint density at radius 2 is 0.864 bits per heavy atom. The molecule has 1 N–H and O–H groups in total. The van der Waals surface area contributed by atoms with Crippen molar-refractivity contribution < 1.29 is 110 Å². The molecule has 2 aliphatic heterocycles. The lowest BCUT2D eigenvalue weighted by Crippen LogP contribution is -2.64. The van der Waals surface area contributed by atoms with Gasteiger partial charge in [-0.2, -0.15) is 0 Å². The Morgan fingerprint density at radius 1 is 0.508 bits per heavy atom. The average molecular weight is 845 g/mol. The summed E-state index contributed by atoms with van der Waals surface area (Å²) < 4.78 is 71.5. The molecule has 59 heavy (non-hydrogen) atoms. The summed E-state index contributed by atoms with van der Waals surface area (Å²) in [7, 11) is 1.02. The van der Waals surface area contributed by atoms with Crippen molar-refractivity contribution in [3.05, 3.63) is 17.7 Å². The van der Waals surface area contributed by atoms with Crippen molar-refractivity contribution >= 4 is 53.7 Å². The summed E-state index contributed by atoms with van der Waals surface area (Å²) in [6.45, 7) is 6.73. The average Bonchev–Trinajstić information content (AvgIpc) is 3.11. The van der Waals surface area contributed by atoms with Gasteiger partial charge in [0.25, 0.3) is 0 Å². The fourth-order valence-electron chi connectivity index (χ4n) is 5.84. The molecule has 3 rings (SSSR count). The van der Waals surface area contributed by atoms with Crippen LogP contribution < -0.4 is 9.47 Å². The second-order valence-electron chi connectivity index (χ2n) is 12.7. The van der Waals surface area contributed by atoms with E-state index < -0.39 is 146 Å². The van der Waals surface area contributed by atoms with Crippen LogP contribution in [0.1, 0.15) is 65.7 Å². The molecular weight excluding hydrogens is 800 g/mol. The van der Waals surface area contributed by atoms with Gasteiger partial charge in [0.05, 0.1) is 12.7 Å². The van der Waals surface area contributed by atoms with Gasteiger partial charge in [-0.25, -0.2) is 4.79 Å². The molecule has 0 spiro atoms. The van der Waals surface area contributed by atoms with E-state index >= 15 is 0 Å². The van der Waals surface area contributed by atoms with Crippen LogP contribution >= 0.6 is 0 Å². The molecule has 1 aromatic rings. The molecule has 2 saturated heterocycles. The molecular formula is C36H44O23. The van der Waals surface area contributed by atoms with Gasteiger partial charge in [0.1, 0.15) is 25.4 Å². The van der Waals surface area contributed by atoms with E-state index in [1.165, 1.54) is 0 Å². The molecule has 326 valence electrons. The quantitative estimate of drug-likeness (QED) is 0.181. The van der Waals surface area contributed by atoms with Crippen LogP contribution in [0.2, 0.25) is 0 Å². The maximum absolute atomic E-state index is 12.8. The minimum absolute atomic E-state index is 0.389. The molecule has 2 aliphatic rings. The Kier molecular flexibility index (Phi) is 16.8. The number of ether oxygens (including phenoxy) is 13. The Bertz CT molecular complexity index is 1770. The summed E-state index contributed by atoms with van der Waals surface area (Å²) in [5, 5.41) is 11.4. The normalized spacial score (nSPS) is 26.1. The van der Waals surface area contributed by atoms with Gasteiger partial charge in [-0.05, 0) is 12.1 Å². The molecule has 0 aliphatic carbocycles. The summed E-state index contributed by atoms with van der Waals surface area (Å²) in [5.41, 5.74) is -0.389. The van der Waals surface area contributed by atoms with Crippen LogP contribution in [0.25, 0.3) is 0 Å². The van der Waals surface area contributed by atoms with E-state index in [1.807, 2.05) is 0 Å². The first-order chi connectivity index (χ1) is 27.6. The van der Waals surface area contributed by atoms with Gasteiger partial charge >= 0.3 is 53.7 Å². The zero-order chi connectivity index (χ0) is 44.3. The van der Waals surface area contributed by atoms with Crippen molar-refractivity contribution in [2.24, 2.45) is 0 Å². The van der Waals surface area contributed by atoms with E-state index in [4.69, 9.17) is 61.6 Å². The van der Waals surface area contributed by atoms with Crippen molar-refractivity contribution in [1.82, 2.24) is 0 Å². The lowest BCUT2D eigenvalue weighted by atomic mass is 9.98. The molecule has 1 aromatic carbocycles. The first-order valence-corrected chi connectivity index (χ1v) is 17.5. The van der Waals surface area contributed by atoms with E-state index in [1.54, 1.807) is 0 Å². The molecule has 23 heteroatoms. The Morgan fingerprint density at radius 3 is 1.22 bits per heavy atom. The van der Waals surface area contributed by atoms with Gasteiger partial charge < -0.3 is 66.7 Å². The number of carbonyl (C=O) groups excluding carboxylic acids is 9. The van der Waals surface area contributed by atoms with Gasteiger partial charge in [0.15, 0.2) is 35.9 Å². The third-order valence-electron chi connectivity index (χ3n) is 7.83. The summed E-state index contributed by atoms with van der Waals surface area (Å²) in [5.74, 6) is -10.7. The number of aromatic hydroxyl groups is 1. The van der Waals surface area contributed by atoms with E-state index in [0.29, 0.717) is 0 Å². The smallest absolute Gasteiger partial charge is 0.338 e. The lowest BCUT2D eigenvalue weighted by molar-refractivity contribution is -0.292. The number of rotatable bonds is 15. The zero-order valence-electron chi connectivity index (χ0n) is 33.3. The second kappa shape index (κ2) is 21.0. The van der Waals surface area contributed by atoms with Crippen LogP contribution in [0.5, 0.6) is 17.2 Å². The molecule has 2 unspecified atom stereocenters. The summed E-state index contributed by atoms with van der Waals surface area (Å²) in [4.78, 5) is 110.